The second-order valence-electron chi connectivity index (χ2n) is 3.33. The molecule has 0 aliphatic heterocycles. The maximum absolute atomic E-state index is 10.9. The summed E-state index contributed by atoms with van der Waals surface area (Å²) >= 11 is 0. The predicted molar refractivity (Wildman–Crippen MR) is 50.5 cm³/mol. The van der Waals surface area contributed by atoms with Crippen molar-refractivity contribution >= 4 is 11.9 Å². The lowest BCUT2D eigenvalue weighted by molar-refractivity contribution is -0.328. The molecule has 88 valence electrons. The molecule has 1 atom stereocenters. The Morgan fingerprint density at radius 3 is 2.40 bits per heavy atom. The highest BCUT2D eigenvalue weighted by molar-refractivity contribution is 5.75. The fraction of sp³-hybridized carbons (Fsp3) is 0.800. The van der Waals surface area contributed by atoms with E-state index in [4.69, 9.17) is 5.11 Å². The lowest BCUT2D eigenvalue weighted by Crippen LogP contribution is -2.38. The second kappa shape index (κ2) is 8.23. The molecular formula is C10H17O5-. The Hall–Kier alpha value is -1.10. The number of rotatable bonds is 8. The molecule has 0 amide bonds. The van der Waals surface area contributed by atoms with E-state index in [9.17, 15) is 14.7 Å². The molecule has 0 aliphatic carbocycles. The minimum Gasteiger partial charge on any atom is -0.544 e. The smallest absolute Gasteiger partial charge is 0.308 e. The first-order valence-corrected chi connectivity index (χ1v) is 5.16. The van der Waals surface area contributed by atoms with Crippen LogP contribution in [0.4, 0.5) is 0 Å². The summed E-state index contributed by atoms with van der Waals surface area (Å²) in [5.41, 5.74) is 0. The van der Waals surface area contributed by atoms with Gasteiger partial charge in [-0.25, -0.2) is 0 Å². The van der Waals surface area contributed by atoms with E-state index < -0.39 is 18.2 Å². The van der Waals surface area contributed by atoms with E-state index >= 15 is 0 Å². The number of aliphatic hydroxyl groups is 1. The van der Waals surface area contributed by atoms with Gasteiger partial charge in [-0.3, -0.25) is 4.79 Å². The summed E-state index contributed by atoms with van der Waals surface area (Å²) in [7, 11) is 0. The molecule has 0 rings (SSSR count). The van der Waals surface area contributed by atoms with E-state index in [1.807, 2.05) is 0 Å². The van der Waals surface area contributed by atoms with Gasteiger partial charge in [-0.15, -0.1) is 0 Å². The van der Waals surface area contributed by atoms with E-state index in [-0.39, 0.29) is 6.42 Å². The number of carbonyl (C=O) groups is 2. The zero-order chi connectivity index (χ0) is 11.7. The summed E-state index contributed by atoms with van der Waals surface area (Å²) in [5, 5.41) is 18.6. The minimum absolute atomic E-state index is 0.133. The van der Waals surface area contributed by atoms with Gasteiger partial charge in [0, 0.05) is 6.42 Å². The van der Waals surface area contributed by atoms with Gasteiger partial charge in [-0.05, 0) is 6.42 Å². The van der Waals surface area contributed by atoms with Gasteiger partial charge in [-0.2, -0.15) is 0 Å². The maximum Gasteiger partial charge on any atom is 0.308 e. The van der Waals surface area contributed by atoms with Crippen LogP contribution in [0.15, 0.2) is 0 Å². The van der Waals surface area contributed by atoms with Crippen molar-refractivity contribution in [3.63, 3.8) is 0 Å². The lowest BCUT2D eigenvalue weighted by Gasteiger charge is -2.12. The van der Waals surface area contributed by atoms with E-state index in [1.54, 1.807) is 0 Å². The molecule has 1 N–H and O–H groups in total. The third-order valence-corrected chi connectivity index (χ3v) is 1.93. The first kappa shape index (κ1) is 13.9. The molecule has 0 aliphatic rings. The number of hydrogen-bond acceptors (Lipinski definition) is 5. The Kier molecular flexibility index (Phi) is 7.62. The van der Waals surface area contributed by atoms with Crippen LogP contribution in [-0.4, -0.2) is 23.3 Å². The van der Waals surface area contributed by atoms with Crippen molar-refractivity contribution in [1.29, 1.82) is 0 Å². The lowest BCUT2D eigenvalue weighted by atomic mass is 10.1. The van der Waals surface area contributed by atoms with Gasteiger partial charge < -0.3 is 19.7 Å². The molecule has 0 aromatic rings. The molecule has 0 saturated heterocycles. The molecule has 0 spiro atoms. The van der Waals surface area contributed by atoms with Gasteiger partial charge in [0.15, 0.2) is 0 Å². The summed E-state index contributed by atoms with van der Waals surface area (Å²) in [5.74, 6) is -2.50. The first-order valence-electron chi connectivity index (χ1n) is 5.16. The highest BCUT2D eigenvalue weighted by Crippen LogP contribution is 2.06. The average Bonchev–Trinajstić information content (AvgIpc) is 2.17. The van der Waals surface area contributed by atoms with Crippen LogP contribution >= 0.6 is 0 Å². The van der Waals surface area contributed by atoms with Crippen LogP contribution in [0.5, 0.6) is 0 Å². The Morgan fingerprint density at radius 2 is 1.87 bits per heavy atom. The molecule has 0 saturated carbocycles. The molecule has 0 radical (unpaired) electrons. The van der Waals surface area contributed by atoms with E-state index in [2.05, 4.69) is 11.7 Å². The zero-order valence-electron chi connectivity index (χ0n) is 8.90. The average molecular weight is 217 g/mol. The van der Waals surface area contributed by atoms with Crippen LogP contribution in [-0.2, 0) is 14.3 Å². The molecule has 0 aromatic heterocycles. The Bertz CT molecular complexity index is 202. The number of carbonyl (C=O) groups excluding carboxylic acids is 2. The van der Waals surface area contributed by atoms with Crippen molar-refractivity contribution < 1.29 is 24.5 Å². The molecule has 5 heteroatoms. The molecule has 15 heavy (non-hydrogen) atoms. The number of ether oxygens (including phenoxy) is 1. The number of aliphatic hydroxyl groups excluding tert-OH is 1. The summed E-state index contributed by atoms with van der Waals surface area (Å²) in [4.78, 5) is 20.9. The Labute approximate surface area is 89.0 Å². The number of hydrogen-bond donors (Lipinski definition) is 1. The van der Waals surface area contributed by atoms with Crippen molar-refractivity contribution in [2.45, 2.75) is 51.7 Å². The summed E-state index contributed by atoms with van der Waals surface area (Å²) in [6, 6.07) is 0. The van der Waals surface area contributed by atoms with Crippen molar-refractivity contribution in [2.75, 3.05) is 0 Å². The van der Waals surface area contributed by atoms with Crippen LogP contribution in [0.1, 0.15) is 45.4 Å². The highest BCUT2D eigenvalue weighted by Gasteiger charge is 2.10. The number of aliphatic carboxylic acids is 1. The normalized spacial score (nSPS) is 12.1. The van der Waals surface area contributed by atoms with Crippen molar-refractivity contribution in [3.8, 4) is 0 Å². The fourth-order valence-corrected chi connectivity index (χ4v) is 1.10. The molecule has 0 bridgehead atoms. The highest BCUT2D eigenvalue weighted by atomic mass is 16.7. The van der Waals surface area contributed by atoms with Gasteiger partial charge in [0.25, 0.3) is 0 Å². The Balaban J connectivity index is 3.45. The third kappa shape index (κ3) is 7.93. The van der Waals surface area contributed by atoms with Crippen LogP contribution in [0.2, 0.25) is 0 Å². The number of unbranched alkanes of at least 4 members (excludes halogenated alkanes) is 4. The van der Waals surface area contributed by atoms with Gasteiger partial charge in [-0.1, -0.05) is 32.6 Å². The summed E-state index contributed by atoms with van der Waals surface area (Å²) < 4.78 is 4.17. The first-order chi connectivity index (χ1) is 7.07. The third-order valence-electron chi connectivity index (χ3n) is 1.93. The molecular weight excluding hydrogens is 200 g/mol. The fourth-order valence-electron chi connectivity index (χ4n) is 1.10. The van der Waals surface area contributed by atoms with Gasteiger partial charge >= 0.3 is 5.97 Å². The largest absolute Gasteiger partial charge is 0.544 e. The van der Waals surface area contributed by atoms with Crippen molar-refractivity contribution in [2.24, 2.45) is 0 Å². The number of carboxylic acid groups (broad SMARTS) is 1. The van der Waals surface area contributed by atoms with E-state index in [0.717, 1.165) is 25.7 Å². The van der Waals surface area contributed by atoms with Crippen LogP contribution < -0.4 is 5.11 Å². The number of esters is 1. The van der Waals surface area contributed by atoms with E-state index in [1.165, 1.54) is 0 Å². The van der Waals surface area contributed by atoms with E-state index in [0.29, 0.717) is 6.42 Å². The predicted octanol–water partition coefficient (Wildman–Crippen LogP) is -0.0416. The molecule has 0 heterocycles. The quantitative estimate of drug-likeness (QED) is 0.350. The van der Waals surface area contributed by atoms with Gasteiger partial charge in [0.1, 0.15) is 5.97 Å². The minimum atomic E-state index is -2.15. The van der Waals surface area contributed by atoms with Crippen molar-refractivity contribution in [1.82, 2.24) is 0 Å². The van der Waals surface area contributed by atoms with Gasteiger partial charge in [0.2, 0.25) is 6.29 Å². The van der Waals surface area contributed by atoms with Crippen LogP contribution in [0.25, 0.3) is 0 Å². The van der Waals surface area contributed by atoms with Crippen LogP contribution in [0.3, 0.4) is 0 Å². The molecule has 5 nitrogen and oxygen atoms in total. The summed E-state index contributed by atoms with van der Waals surface area (Å²) in [6.45, 7) is 2.09. The zero-order valence-corrected chi connectivity index (χ0v) is 8.90. The standard InChI is InChI=1S/C10H18O5/c1-2-3-4-5-6-7-8(11)15-10(14)9(12)13/h10,14H,2-7H2,1H3,(H,12,13)/p-1. The second-order valence-corrected chi connectivity index (χ2v) is 3.33. The van der Waals surface area contributed by atoms with Crippen LogP contribution in [0, 0.1) is 0 Å². The number of carboxylic acids is 1. The maximum atomic E-state index is 10.9. The Morgan fingerprint density at radius 1 is 1.27 bits per heavy atom. The van der Waals surface area contributed by atoms with Crippen molar-refractivity contribution in [3.05, 3.63) is 0 Å². The van der Waals surface area contributed by atoms with Gasteiger partial charge in [0.05, 0.1) is 0 Å². The SMILES string of the molecule is CCCCCCCC(=O)OC(O)C(=O)[O-]. The topological polar surface area (TPSA) is 86.7 Å². The molecule has 0 fully saturated rings. The monoisotopic (exact) mass is 217 g/mol. The molecule has 1 unspecified atom stereocenters. The molecule has 0 aromatic carbocycles. The summed E-state index contributed by atoms with van der Waals surface area (Å²) in [6.07, 6.45) is 2.84.